The molecular formula is C21H28N2O5S. The van der Waals surface area contributed by atoms with E-state index in [4.69, 9.17) is 9.47 Å². The molecule has 1 N–H and O–H groups in total. The number of ether oxygens (including phenoxy) is 2. The lowest BCUT2D eigenvalue weighted by Gasteiger charge is -2.28. The number of carbonyl (C=O) groups is 1. The largest absolute Gasteiger partial charge is 0.497 e. The lowest BCUT2D eigenvalue weighted by atomic mass is 10.1. The molecule has 0 aliphatic carbocycles. The molecule has 0 unspecified atom stereocenters. The van der Waals surface area contributed by atoms with Gasteiger partial charge >= 0.3 is 0 Å². The lowest BCUT2D eigenvalue weighted by Crippen LogP contribution is -2.48. The second-order valence-electron chi connectivity index (χ2n) is 6.82. The van der Waals surface area contributed by atoms with E-state index in [-0.39, 0.29) is 13.2 Å². The number of aryl methyl sites for hydroxylation is 2. The van der Waals surface area contributed by atoms with Crippen molar-refractivity contribution in [1.82, 2.24) is 5.32 Å². The van der Waals surface area contributed by atoms with E-state index < -0.39 is 22.0 Å². The Labute approximate surface area is 172 Å². The van der Waals surface area contributed by atoms with Crippen LogP contribution in [0.15, 0.2) is 42.5 Å². The van der Waals surface area contributed by atoms with Crippen molar-refractivity contribution in [2.45, 2.75) is 26.8 Å². The van der Waals surface area contributed by atoms with Crippen molar-refractivity contribution >= 4 is 21.6 Å². The van der Waals surface area contributed by atoms with Crippen LogP contribution in [0.2, 0.25) is 0 Å². The van der Waals surface area contributed by atoms with Gasteiger partial charge in [0.05, 0.1) is 25.6 Å². The zero-order valence-electron chi connectivity index (χ0n) is 17.4. The summed E-state index contributed by atoms with van der Waals surface area (Å²) in [6.45, 7) is 5.90. The summed E-state index contributed by atoms with van der Waals surface area (Å²) < 4.78 is 36.6. The van der Waals surface area contributed by atoms with Crippen LogP contribution in [0.5, 0.6) is 11.5 Å². The number of carbonyl (C=O) groups excluding carboxylic acids is 1. The first-order valence-corrected chi connectivity index (χ1v) is 11.1. The molecule has 29 heavy (non-hydrogen) atoms. The van der Waals surface area contributed by atoms with Gasteiger partial charge in [-0.2, -0.15) is 0 Å². The minimum absolute atomic E-state index is 0.241. The van der Waals surface area contributed by atoms with Crippen molar-refractivity contribution in [3.63, 3.8) is 0 Å². The predicted molar refractivity (Wildman–Crippen MR) is 114 cm³/mol. The van der Waals surface area contributed by atoms with E-state index in [1.54, 1.807) is 38.3 Å². The molecule has 0 fully saturated rings. The average molecular weight is 421 g/mol. The summed E-state index contributed by atoms with van der Waals surface area (Å²) in [6, 6.07) is 11.6. The Balaban J connectivity index is 2.00. The number of hydrogen-bond donors (Lipinski definition) is 1. The van der Waals surface area contributed by atoms with Gasteiger partial charge in [-0.1, -0.05) is 12.1 Å². The van der Waals surface area contributed by atoms with E-state index in [1.165, 1.54) is 0 Å². The van der Waals surface area contributed by atoms with Gasteiger partial charge in [0.25, 0.3) is 0 Å². The third-order valence-electron chi connectivity index (χ3n) is 4.54. The Morgan fingerprint density at radius 3 is 2.41 bits per heavy atom. The molecule has 0 aliphatic rings. The minimum atomic E-state index is -3.65. The van der Waals surface area contributed by atoms with Crippen molar-refractivity contribution in [2.75, 3.05) is 30.8 Å². The number of amides is 1. The number of methoxy groups -OCH3 is 1. The number of nitrogens with one attached hydrogen (secondary N) is 1. The Morgan fingerprint density at radius 1 is 1.10 bits per heavy atom. The van der Waals surface area contributed by atoms with Gasteiger partial charge in [0.1, 0.15) is 24.1 Å². The third kappa shape index (κ3) is 6.12. The van der Waals surface area contributed by atoms with Crippen molar-refractivity contribution in [1.29, 1.82) is 0 Å². The van der Waals surface area contributed by atoms with Crippen LogP contribution in [0, 0.1) is 13.8 Å². The van der Waals surface area contributed by atoms with Crippen LogP contribution in [-0.4, -0.2) is 46.9 Å². The molecule has 2 rings (SSSR count). The highest BCUT2D eigenvalue weighted by atomic mass is 32.2. The van der Waals surface area contributed by atoms with Gasteiger partial charge in [0, 0.05) is 6.07 Å². The topological polar surface area (TPSA) is 84.9 Å². The third-order valence-corrected chi connectivity index (χ3v) is 5.79. The Hall–Kier alpha value is -2.74. The average Bonchev–Trinajstić information content (AvgIpc) is 2.67. The van der Waals surface area contributed by atoms with E-state index in [0.717, 1.165) is 21.7 Å². The predicted octanol–water partition coefficient (Wildman–Crippen LogP) is 2.66. The van der Waals surface area contributed by atoms with Crippen molar-refractivity contribution in [2.24, 2.45) is 0 Å². The SMILES string of the molecule is COc1cccc(OCCNC(=O)[C@H](C)N(c2ccc(C)c(C)c2)S(C)(=O)=O)c1. The molecule has 0 bridgehead atoms. The fourth-order valence-electron chi connectivity index (χ4n) is 2.85. The van der Waals surface area contributed by atoms with Gasteiger partial charge in [-0.15, -0.1) is 0 Å². The number of anilines is 1. The van der Waals surface area contributed by atoms with E-state index in [1.807, 2.05) is 32.0 Å². The molecule has 0 saturated carbocycles. The van der Waals surface area contributed by atoms with Gasteiger partial charge in [-0.3, -0.25) is 9.10 Å². The van der Waals surface area contributed by atoms with Crippen LogP contribution >= 0.6 is 0 Å². The molecule has 1 amide bonds. The highest BCUT2D eigenvalue weighted by molar-refractivity contribution is 7.92. The summed E-state index contributed by atoms with van der Waals surface area (Å²) in [7, 11) is -2.07. The smallest absolute Gasteiger partial charge is 0.243 e. The van der Waals surface area contributed by atoms with Crippen molar-refractivity contribution in [3.05, 3.63) is 53.6 Å². The normalized spacial score (nSPS) is 12.2. The van der Waals surface area contributed by atoms with E-state index in [0.29, 0.717) is 17.2 Å². The van der Waals surface area contributed by atoms with Crippen molar-refractivity contribution in [3.8, 4) is 11.5 Å². The van der Waals surface area contributed by atoms with E-state index in [9.17, 15) is 13.2 Å². The molecular weight excluding hydrogens is 392 g/mol. The summed E-state index contributed by atoms with van der Waals surface area (Å²) in [5.74, 6) is 0.903. The van der Waals surface area contributed by atoms with Crippen molar-refractivity contribution < 1.29 is 22.7 Å². The molecule has 0 heterocycles. The van der Waals surface area contributed by atoms with Crippen LogP contribution in [0.1, 0.15) is 18.1 Å². The van der Waals surface area contributed by atoms with E-state index in [2.05, 4.69) is 5.32 Å². The van der Waals surface area contributed by atoms with Gasteiger partial charge < -0.3 is 14.8 Å². The summed E-state index contributed by atoms with van der Waals surface area (Å²) in [5, 5.41) is 2.73. The zero-order valence-corrected chi connectivity index (χ0v) is 18.2. The summed E-state index contributed by atoms with van der Waals surface area (Å²) in [5.41, 5.74) is 2.47. The highest BCUT2D eigenvalue weighted by Gasteiger charge is 2.29. The quantitative estimate of drug-likeness (QED) is 0.631. The Kier molecular flexibility index (Phi) is 7.50. The molecule has 0 aromatic heterocycles. The molecule has 0 aliphatic heterocycles. The maximum absolute atomic E-state index is 12.6. The number of nitrogens with zero attached hydrogens (tertiary/aromatic N) is 1. The van der Waals surface area contributed by atoms with Gasteiger partial charge in [-0.05, 0) is 56.2 Å². The maximum atomic E-state index is 12.6. The number of benzene rings is 2. The number of sulfonamides is 1. The second-order valence-corrected chi connectivity index (χ2v) is 8.68. The number of hydrogen-bond acceptors (Lipinski definition) is 5. The standard InChI is InChI=1S/C21H28N2O5S/c1-15-9-10-18(13-16(15)2)23(29(5,25)26)17(3)21(24)22-11-12-28-20-8-6-7-19(14-20)27-4/h6-10,13-14,17H,11-12H2,1-5H3,(H,22,24)/t17-/m0/s1. The Bertz CT molecular complexity index is 959. The van der Waals surface area contributed by atoms with Gasteiger partial charge in [0.15, 0.2) is 0 Å². The lowest BCUT2D eigenvalue weighted by molar-refractivity contribution is -0.121. The first kappa shape index (κ1) is 22.5. The van der Waals surface area contributed by atoms with Crippen LogP contribution in [0.4, 0.5) is 5.69 Å². The fraction of sp³-hybridized carbons (Fsp3) is 0.381. The first-order valence-electron chi connectivity index (χ1n) is 9.24. The monoisotopic (exact) mass is 420 g/mol. The van der Waals surface area contributed by atoms with Gasteiger partial charge in [0.2, 0.25) is 15.9 Å². The minimum Gasteiger partial charge on any atom is -0.497 e. The highest BCUT2D eigenvalue weighted by Crippen LogP contribution is 2.24. The molecule has 158 valence electrons. The first-order chi connectivity index (χ1) is 13.6. The molecule has 7 nitrogen and oxygen atoms in total. The molecule has 1 atom stereocenters. The van der Waals surface area contributed by atoms with Crippen LogP contribution in [0.3, 0.4) is 0 Å². The molecule has 0 saturated heterocycles. The van der Waals surface area contributed by atoms with Gasteiger partial charge in [-0.25, -0.2) is 8.42 Å². The summed E-state index contributed by atoms with van der Waals surface area (Å²) in [4.78, 5) is 12.6. The molecule has 0 spiro atoms. The van der Waals surface area contributed by atoms with Crippen LogP contribution in [-0.2, 0) is 14.8 Å². The van der Waals surface area contributed by atoms with Crippen LogP contribution < -0.4 is 19.1 Å². The second kappa shape index (κ2) is 9.65. The molecule has 8 heteroatoms. The molecule has 2 aromatic carbocycles. The fourth-order valence-corrected chi connectivity index (χ4v) is 4.02. The molecule has 0 radical (unpaired) electrons. The Morgan fingerprint density at radius 2 is 1.79 bits per heavy atom. The summed E-state index contributed by atoms with van der Waals surface area (Å²) in [6.07, 6.45) is 1.10. The summed E-state index contributed by atoms with van der Waals surface area (Å²) >= 11 is 0. The van der Waals surface area contributed by atoms with Crippen LogP contribution in [0.25, 0.3) is 0 Å². The zero-order chi connectivity index (χ0) is 21.6. The van der Waals surface area contributed by atoms with E-state index >= 15 is 0 Å². The molecule has 2 aromatic rings. The number of rotatable bonds is 9. The maximum Gasteiger partial charge on any atom is 0.243 e.